The summed E-state index contributed by atoms with van der Waals surface area (Å²) in [5.41, 5.74) is 9.10. The molecule has 2 N–H and O–H groups in total. The lowest BCUT2D eigenvalue weighted by molar-refractivity contribution is 0.163. The minimum Gasteiger partial charge on any atom is -0.326 e. The monoisotopic (exact) mass is 301 g/mol. The highest BCUT2D eigenvalue weighted by molar-refractivity contribution is 7.10. The number of likely N-dealkylation sites (tertiary alicyclic amines) is 1. The Labute approximate surface area is 130 Å². The van der Waals surface area contributed by atoms with Gasteiger partial charge in [-0.3, -0.25) is 9.88 Å². The molecule has 1 fully saturated rings. The van der Waals surface area contributed by atoms with E-state index in [9.17, 15) is 0 Å². The molecule has 2 aromatic rings. The van der Waals surface area contributed by atoms with Crippen molar-refractivity contribution in [3.05, 3.63) is 52.0 Å². The highest BCUT2D eigenvalue weighted by Gasteiger charge is 2.35. The van der Waals surface area contributed by atoms with Crippen molar-refractivity contribution >= 4 is 11.3 Å². The molecular formula is C17H23N3S. The van der Waals surface area contributed by atoms with Gasteiger partial charge in [-0.05, 0) is 67.9 Å². The normalized spacial score (nSPS) is 22.3. The zero-order valence-corrected chi connectivity index (χ0v) is 13.5. The van der Waals surface area contributed by atoms with Crippen LogP contribution in [-0.4, -0.2) is 22.5 Å². The number of rotatable bonds is 4. The number of nitrogens with two attached hydrogens (primary N) is 1. The Kier molecular flexibility index (Phi) is 4.38. The van der Waals surface area contributed by atoms with E-state index in [0.29, 0.717) is 12.1 Å². The molecule has 0 saturated carbocycles. The minimum atomic E-state index is 0.129. The highest BCUT2D eigenvalue weighted by Crippen LogP contribution is 2.41. The fraction of sp³-hybridized carbons (Fsp3) is 0.471. The van der Waals surface area contributed by atoms with E-state index >= 15 is 0 Å². The predicted molar refractivity (Wildman–Crippen MR) is 88.4 cm³/mol. The van der Waals surface area contributed by atoms with Crippen LogP contribution in [0.15, 0.2) is 36.0 Å². The van der Waals surface area contributed by atoms with Crippen LogP contribution < -0.4 is 5.73 Å². The summed E-state index contributed by atoms with van der Waals surface area (Å²) in [4.78, 5) is 8.16. The van der Waals surface area contributed by atoms with Crippen molar-refractivity contribution in [3.63, 3.8) is 0 Å². The third-order valence-electron chi connectivity index (χ3n) is 4.41. The summed E-state index contributed by atoms with van der Waals surface area (Å²) in [6.07, 6.45) is 6.23. The average Bonchev–Trinajstić information content (AvgIpc) is 3.10. The van der Waals surface area contributed by atoms with E-state index in [4.69, 9.17) is 5.73 Å². The number of hydrogen-bond acceptors (Lipinski definition) is 4. The van der Waals surface area contributed by atoms with Gasteiger partial charge < -0.3 is 5.73 Å². The number of thiophene rings is 1. The molecule has 3 rings (SSSR count). The molecule has 112 valence electrons. The van der Waals surface area contributed by atoms with Crippen molar-refractivity contribution in [3.8, 4) is 0 Å². The van der Waals surface area contributed by atoms with Gasteiger partial charge in [-0.15, -0.1) is 11.3 Å². The van der Waals surface area contributed by atoms with Gasteiger partial charge in [0, 0.05) is 29.4 Å². The summed E-state index contributed by atoms with van der Waals surface area (Å²) < 4.78 is 0. The molecule has 1 aliphatic heterocycles. The quantitative estimate of drug-likeness (QED) is 0.936. The van der Waals surface area contributed by atoms with Crippen molar-refractivity contribution in [2.24, 2.45) is 5.73 Å². The zero-order valence-electron chi connectivity index (χ0n) is 12.7. The summed E-state index contributed by atoms with van der Waals surface area (Å²) >= 11 is 1.84. The van der Waals surface area contributed by atoms with E-state index in [1.165, 1.54) is 28.8 Å². The van der Waals surface area contributed by atoms with Crippen LogP contribution in [0, 0.1) is 6.92 Å². The van der Waals surface area contributed by atoms with Crippen molar-refractivity contribution in [2.75, 3.05) is 6.54 Å². The maximum absolute atomic E-state index is 6.37. The molecule has 1 saturated heterocycles. The molecule has 2 aromatic heterocycles. The number of aryl methyl sites for hydroxylation is 1. The molecule has 4 heteroatoms. The molecule has 0 aromatic carbocycles. The first-order chi connectivity index (χ1) is 10.2. The SMILES string of the molecule is Cc1ccsc1C(C(C)N)N1CCCC1c1ccncc1. The van der Waals surface area contributed by atoms with Gasteiger partial charge in [-0.25, -0.2) is 0 Å². The fourth-order valence-electron chi connectivity index (χ4n) is 3.44. The molecule has 3 atom stereocenters. The van der Waals surface area contributed by atoms with Crippen molar-refractivity contribution in [1.29, 1.82) is 0 Å². The number of pyridine rings is 1. The summed E-state index contributed by atoms with van der Waals surface area (Å²) in [7, 11) is 0. The Morgan fingerprint density at radius 3 is 2.71 bits per heavy atom. The van der Waals surface area contributed by atoms with Gasteiger partial charge in [0.1, 0.15) is 0 Å². The maximum atomic E-state index is 6.37. The Morgan fingerprint density at radius 2 is 2.10 bits per heavy atom. The highest BCUT2D eigenvalue weighted by atomic mass is 32.1. The molecule has 3 heterocycles. The van der Waals surface area contributed by atoms with Gasteiger partial charge in [0.05, 0.1) is 6.04 Å². The van der Waals surface area contributed by atoms with Gasteiger partial charge in [0.15, 0.2) is 0 Å². The first-order valence-electron chi connectivity index (χ1n) is 7.63. The Hall–Kier alpha value is -1.23. The average molecular weight is 301 g/mol. The Morgan fingerprint density at radius 1 is 1.33 bits per heavy atom. The van der Waals surface area contributed by atoms with Crippen molar-refractivity contribution < 1.29 is 0 Å². The first-order valence-corrected chi connectivity index (χ1v) is 8.51. The van der Waals surface area contributed by atoms with Crippen LogP contribution in [-0.2, 0) is 0 Å². The molecule has 0 radical (unpaired) electrons. The number of hydrogen-bond donors (Lipinski definition) is 1. The van der Waals surface area contributed by atoms with Crippen LogP contribution in [0.4, 0.5) is 0 Å². The maximum Gasteiger partial charge on any atom is 0.0598 e. The Bertz CT molecular complexity index is 579. The molecule has 21 heavy (non-hydrogen) atoms. The first kappa shape index (κ1) is 14.7. The smallest absolute Gasteiger partial charge is 0.0598 e. The van der Waals surface area contributed by atoms with Gasteiger partial charge in [-0.1, -0.05) is 0 Å². The van der Waals surface area contributed by atoms with E-state index in [2.05, 4.69) is 47.3 Å². The predicted octanol–water partition coefficient (Wildman–Crippen LogP) is 3.68. The van der Waals surface area contributed by atoms with E-state index in [1.54, 1.807) is 0 Å². The summed E-state index contributed by atoms with van der Waals surface area (Å²) in [6, 6.07) is 7.39. The van der Waals surface area contributed by atoms with Crippen LogP contribution in [0.5, 0.6) is 0 Å². The summed E-state index contributed by atoms with van der Waals surface area (Å²) in [5, 5.41) is 2.18. The lowest BCUT2D eigenvalue weighted by Gasteiger charge is -2.35. The molecule has 0 bridgehead atoms. The van der Waals surface area contributed by atoms with Crippen LogP contribution in [0.1, 0.15) is 47.9 Å². The zero-order chi connectivity index (χ0) is 14.8. The van der Waals surface area contributed by atoms with Gasteiger partial charge >= 0.3 is 0 Å². The molecule has 3 nitrogen and oxygen atoms in total. The second-order valence-corrected chi connectivity index (χ2v) is 6.90. The van der Waals surface area contributed by atoms with E-state index < -0.39 is 0 Å². The summed E-state index contributed by atoms with van der Waals surface area (Å²) in [6.45, 7) is 5.45. The standard InChI is InChI=1S/C17H23N3S/c1-12-7-11-21-17(12)16(13(2)18)20-10-3-4-15(20)14-5-8-19-9-6-14/h5-9,11,13,15-16H,3-4,10,18H2,1-2H3. The third kappa shape index (κ3) is 2.89. The van der Waals surface area contributed by atoms with Crippen LogP contribution in [0.3, 0.4) is 0 Å². The second kappa shape index (κ2) is 6.26. The minimum absolute atomic E-state index is 0.129. The van der Waals surface area contributed by atoms with E-state index in [-0.39, 0.29) is 6.04 Å². The third-order valence-corrected chi connectivity index (χ3v) is 5.50. The second-order valence-electron chi connectivity index (χ2n) is 5.95. The Balaban J connectivity index is 1.94. The van der Waals surface area contributed by atoms with Gasteiger partial charge in [0.2, 0.25) is 0 Å². The molecule has 1 aliphatic rings. The van der Waals surface area contributed by atoms with Crippen molar-refractivity contribution in [2.45, 2.75) is 44.8 Å². The summed E-state index contributed by atoms with van der Waals surface area (Å²) in [5.74, 6) is 0. The van der Waals surface area contributed by atoms with Gasteiger partial charge in [0.25, 0.3) is 0 Å². The molecule has 0 spiro atoms. The van der Waals surface area contributed by atoms with Crippen LogP contribution in [0.2, 0.25) is 0 Å². The van der Waals surface area contributed by atoms with Crippen molar-refractivity contribution in [1.82, 2.24) is 9.88 Å². The largest absolute Gasteiger partial charge is 0.326 e. The number of aromatic nitrogens is 1. The molecule has 0 aliphatic carbocycles. The fourth-order valence-corrected chi connectivity index (χ4v) is 4.61. The topological polar surface area (TPSA) is 42.1 Å². The number of nitrogens with zero attached hydrogens (tertiary/aromatic N) is 2. The lowest BCUT2D eigenvalue weighted by Crippen LogP contribution is -2.39. The molecular weight excluding hydrogens is 278 g/mol. The van der Waals surface area contributed by atoms with Gasteiger partial charge in [-0.2, -0.15) is 0 Å². The molecule has 0 amide bonds. The van der Waals surface area contributed by atoms with E-state index in [1.807, 2.05) is 23.7 Å². The molecule has 3 unspecified atom stereocenters. The van der Waals surface area contributed by atoms with E-state index in [0.717, 1.165) is 6.54 Å². The van der Waals surface area contributed by atoms with Crippen LogP contribution in [0.25, 0.3) is 0 Å². The lowest BCUT2D eigenvalue weighted by atomic mass is 10.00. The van der Waals surface area contributed by atoms with Crippen LogP contribution >= 0.6 is 11.3 Å².